The first-order valence-corrected chi connectivity index (χ1v) is 13.3. The third-order valence-electron chi connectivity index (χ3n) is 4.52. The quantitative estimate of drug-likeness (QED) is 0.348. The molecule has 8 nitrogen and oxygen atoms in total. The molecule has 2 saturated heterocycles. The van der Waals surface area contributed by atoms with Gasteiger partial charge in [-0.15, -0.1) is 0 Å². The van der Waals surface area contributed by atoms with E-state index in [-0.39, 0.29) is 39.6 Å². The Morgan fingerprint density at radius 1 is 0.694 bits per heavy atom. The lowest BCUT2D eigenvalue weighted by atomic mass is 10.2. The summed E-state index contributed by atoms with van der Waals surface area (Å²) in [5, 5.41) is 2.44. The van der Waals surface area contributed by atoms with Crippen LogP contribution < -0.4 is 10.9 Å². The molecule has 4 amide bonds. The molecule has 0 aliphatic carbocycles. The number of amides is 4. The van der Waals surface area contributed by atoms with Gasteiger partial charge in [0.15, 0.2) is 8.64 Å². The third-order valence-corrected chi connectivity index (χ3v) is 8.49. The summed E-state index contributed by atoms with van der Waals surface area (Å²) >= 11 is 35.8. The van der Waals surface area contributed by atoms with Crippen LogP contribution in [0.3, 0.4) is 0 Å². The van der Waals surface area contributed by atoms with Crippen LogP contribution in [0.2, 0.25) is 20.1 Å². The Kier molecular flexibility index (Phi) is 8.17. The highest BCUT2D eigenvalue weighted by atomic mass is 35.5. The maximum Gasteiger partial charge on any atom is 0.286 e. The fourth-order valence-electron chi connectivity index (χ4n) is 2.87. The normalized spacial score (nSPS) is 17.8. The Hall–Kier alpha value is -1.90. The molecule has 184 valence electrons. The molecule has 0 aromatic heterocycles. The molecule has 4 rings (SSSR count). The van der Waals surface area contributed by atoms with Gasteiger partial charge < -0.3 is 0 Å². The third kappa shape index (κ3) is 5.36. The zero-order chi connectivity index (χ0) is 26.3. The van der Waals surface area contributed by atoms with E-state index in [1.807, 2.05) is 0 Å². The van der Waals surface area contributed by atoms with E-state index >= 15 is 0 Å². The summed E-state index contributed by atoms with van der Waals surface area (Å²) in [5.41, 5.74) is 4.86. The minimum atomic E-state index is -0.754. The Bertz CT molecular complexity index is 1330. The number of hydrogen-bond acceptors (Lipinski definition) is 8. The number of carbonyl (C=O) groups is 4. The van der Waals surface area contributed by atoms with Crippen molar-refractivity contribution in [1.82, 2.24) is 20.9 Å². The second kappa shape index (κ2) is 10.8. The predicted octanol–water partition coefficient (Wildman–Crippen LogP) is 5.22. The van der Waals surface area contributed by atoms with Crippen LogP contribution in [-0.2, 0) is 9.59 Å². The summed E-state index contributed by atoms with van der Waals surface area (Å²) in [6.07, 6.45) is 0. The van der Waals surface area contributed by atoms with Gasteiger partial charge in [0.1, 0.15) is 9.81 Å². The highest BCUT2D eigenvalue weighted by Gasteiger charge is 2.43. The topological polar surface area (TPSA) is 98.8 Å². The summed E-state index contributed by atoms with van der Waals surface area (Å²) in [4.78, 5) is 51.2. The van der Waals surface area contributed by atoms with Gasteiger partial charge in [-0.25, -0.2) is 0 Å². The lowest BCUT2D eigenvalue weighted by Gasteiger charge is -2.16. The minimum Gasteiger partial charge on any atom is -0.267 e. The van der Waals surface area contributed by atoms with Crippen molar-refractivity contribution in [2.24, 2.45) is 0 Å². The molecule has 0 saturated carbocycles. The van der Waals surface area contributed by atoms with Crippen LogP contribution in [0.5, 0.6) is 0 Å². The highest BCUT2D eigenvalue weighted by molar-refractivity contribution is 8.29. The van der Waals surface area contributed by atoms with Gasteiger partial charge in [0.25, 0.3) is 23.6 Å². The SMILES string of the molecule is O=C(NN1C(=O)C(=C2SC(=S)N(NC(=O)c3ccc(Cl)cc3Cl)C2=O)SC1=S)c1ccc(Cl)cc1Cl. The zero-order valence-electron chi connectivity index (χ0n) is 17.1. The average Bonchev–Trinajstić information content (AvgIpc) is 3.23. The number of hydrogen-bond donors (Lipinski definition) is 2. The lowest BCUT2D eigenvalue weighted by molar-refractivity contribution is -0.126. The summed E-state index contributed by atoms with van der Waals surface area (Å²) in [6.45, 7) is 0. The molecule has 2 aromatic rings. The standard InChI is InChI=1S/C20H8Cl4N4O4S4/c21-7-1-3-9(11(23)5-7)15(29)25-27-17(31)13(35-19(27)33)14-18(32)28(20(34)36-14)26-16(30)10-4-2-8(22)6-12(10)24/h1-6H,(H,25,29)(H,26,30). The largest absolute Gasteiger partial charge is 0.286 e. The molecule has 2 fully saturated rings. The van der Waals surface area contributed by atoms with E-state index in [9.17, 15) is 19.2 Å². The first kappa shape index (κ1) is 27.1. The molecule has 2 aliphatic rings. The van der Waals surface area contributed by atoms with Crippen LogP contribution in [0.1, 0.15) is 20.7 Å². The fraction of sp³-hybridized carbons (Fsp3) is 0. The van der Waals surface area contributed by atoms with Crippen LogP contribution in [-0.4, -0.2) is 42.3 Å². The van der Waals surface area contributed by atoms with Crippen molar-refractivity contribution < 1.29 is 19.2 Å². The van der Waals surface area contributed by atoms with Crippen molar-refractivity contribution >= 4 is 127 Å². The van der Waals surface area contributed by atoms with Gasteiger partial charge in [-0.3, -0.25) is 30.0 Å². The van der Waals surface area contributed by atoms with Crippen molar-refractivity contribution in [1.29, 1.82) is 0 Å². The molecule has 0 radical (unpaired) electrons. The fourth-order valence-corrected chi connectivity index (χ4v) is 6.37. The number of benzene rings is 2. The monoisotopic (exact) mass is 636 g/mol. The maximum absolute atomic E-state index is 13.0. The van der Waals surface area contributed by atoms with E-state index in [4.69, 9.17) is 70.8 Å². The predicted molar refractivity (Wildman–Crippen MR) is 149 cm³/mol. The van der Waals surface area contributed by atoms with Gasteiger partial charge in [0.05, 0.1) is 21.2 Å². The van der Waals surface area contributed by atoms with E-state index in [1.54, 1.807) is 0 Å². The highest BCUT2D eigenvalue weighted by Crippen LogP contribution is 2.41. The van der Waals surface area contributed by atoms with Crippen LogP contribution in [0, 0.1) is 0 Å². The number of thioether (sulfide) groups is 2. The summed E-state index contributed by atoms with van der Waals surface area (Å²) in [7, 11) is 0. The van der Waals surface area contributed by atoms with Crippen LogP contribution in [0.15, 0.2) is 46.2 Å². The second-order valence-electron chi connectivity index (χ2n) is 6.81. The number of halogens is 4. The average molecular weight is 638 g/mol. The van der Waals surface area contributed by atoms with E-state index in [0.717, 1.165) is 33.5 Å². The lowest BCUT2D eigenvalue weighted by Crippen LogP contribution is -2.45. The van der Waals surface area contributed by atoms with Crippen molar-refractivity contribution in [3.8, 4) is 0 Å². The van der Waals surface area contributed by atoms with Crippen molar-refractivity contribution in [3.63, 3.8) is 0 Å². The minimum absolute atomic E-state index is 0.0318. The number of hydrazine groups is 2. The van der Waals surface area contributed by atoms with Crippen molar-refractivity contribution in [2.45, 2.75) is 0 Å². The van der Waals surface area contributed by atoms with Gasteiger partial charge in [0, 0.05) is 10.0 Å². The molecule has 0 unspecified atom stereocenters. The molecular formula is C20H8Cl4N4O4S4. The van der Waals surface area contributed by atoms with E-state index in [0.29, 0.717) is 10.0 Å². The Balaban J connectivity index is 1.53. The van der Waals surface area contributed by atoms with E-state index < -0.39 is 23.6 Å². The summed E-state index contributed by atoms with van der Waals surface area (Å²) < 4.78 is -0.0635. The molecule has 0 atom stereocenters. The zero-order valence-corrected chi connectivity index (χ0v) is 23.4. The molecule has 0 spiro atoms. The van der Waals surface area contributed by atoms with Gasteiger partial charge in [-0.2, -0.15) is 10.0 Å². The van der Waals surface area contributed by atoms with E-state index in [1.165, 1.54) is 36.4 Å². The number of nitrogens with one attached hydrogen (secondary N) is 2. The van der Waals surface area contributed by atoms with Crippen LogP contribution in [0.4, 0.5) is 0 Å². The van der Waals surface area contributed by atoms with Gasteiger partial charge in [-0.05, 0) is 60.8 Å². The first-order valence-electron chi connectivity index (χ1n) is 9.36. The molecule has 36 heavy (non-hydrogen) atoms. The number of carbonyl (C=O) groups excluding carboxylic acids is 4. The molecule has 16 heteroatoms. The maximum atomic E-state index is 13.0. The molecule has 2 heterocycles. The van der Waals surface area contributed by atoms with Crippen LogP contribution in [0.25, 0.3) is 0 Å². The Labute approximate surface area is 242 Å². The van der Waals surface area contributed by atoms with Gasteiger partial charge in [-0.1, -0.05) is 69.9 Å². The van der Waals surface area contributed by atoms with Crippen molar-refractivity contribution in [3.05, 3.63) is 77.4 Å². The molecule has 2 aromatic carbocycles. The number of rotatable bonds is 4. The number of nitrogens with zero attached hydrogens (tertiary/aromatic N) is 2. The van der Waals surface area contributed by atoms with Crippen molar-refractivity contribution in [2.75, 3.05) is 0 Å². The second-order valence-corrected chi connectivity index (χ2v) is 11.8. The molecule has 2 N–H and O–H groups in total. The molecule has 0 bridgehead atoms. The molecule has 2 aliphatic heterocycles. The van der Waals surface area contributed by atoms with Gasteiger partial charge in [0.2, 0.25) is 0 Å². The smallest absolute Gasteiger partial charge is 0.267 e. The first-order chi connectivity index (χ1) is 17.0. The van der Waals surface area contributed by atoms with E-state index in [2.05, 4.69) is 10.9 Å². The summed E-state index contributed by atoms with van der Waals surface area (Å²) in [6, 6.07) is 8.45. The Morgan fingerprint density at radius 3 is 1.39 bits per heavy atom. The summed E-state index contributed by atoms with van der Waals surface area (Å²) in [5.74, 6) is -2.94. The number of thiocarbonyl (C=S) groups is 2. The molecular weight excluding hydrogens is 630 g/mol. The Morgan fingerprint density at radius 2 is 1.06 bits per heavy atom. The van der Waals surface area contributed by atoms with Gasteiger partial charge >= 0.3 is 0 Å². The van der Waals surface area contributed by atoms with Crippen LogP contribution >= 0.6 is 94.4 Å².